The second kappa shape index (κ2) is 6.41. The Balaban J connectivity index is 2.26. The molecule has 24 heavy (non-hydrogen) atoms. The summed E-state index contributed by atoms with van der Waals surface area (Å²) in [7, 11) is -3.75. The normalized spacial score (nSPS) is 13.0. The first-order valence-electron chi connectivity index (χ1n) is 7.74. The number of aromatic nitrogens is 1. The largest absolute Gasteiger partial charge is 0.297 e. The zero-order valence-electron chi connectivity index (χ0n) is 14.7. The average Bonchev–Trinajstić information content (AvgIpc) is 2.96. The average molecular weight is 366 g/mol. The van der Waals surface area contributed by atoms with Crippen LogP contribution in [-0.2, 0) is 26.5 Å². The highest BCUT2D eigenvalue weighted by atomic mass is 32.2. The van der Waals surface area contributed by atoms with Crippen molar-refractivity contribution >= 4 is 27.0 Å². The maximum absolute atomic E-state index is 12.8. The summed E-state index contributed by atoms with van der Waals surface area (Å²) in [5.41, 5.74) is 0.822. The van der Waals surface area contributed by atoms with E-state index in [0.29, 0.717) is 5.01 Å². The lowest BCUT2D eigenvalue weighted by atomic mass is 9.93. The van der Waals surface area contributed by atoms with Gasteiger partial charge in [0.15, 0.2) is 15.6 Å². The van der Waals surface area contributed by atoms with Gasteiger partial charge in [0.25, 0.3) is 0 Å². The minimum absolute atomic E-state index is 0.0276. The minimum atomic E-state index is -3.75. The van der Waals surface area contributed by atoms with Gasteiger partial charge in [0.1, 0.15) is 9.75 Å². The van der Waals surface area contributed by atoms with Gasteiger partial charge in [0.05, 0.1) is 17.0 Å². The molecular weight excluding hydrogens is 342 g/mol. The molecule has 6 heteroatoms. The van der Waals surface area contributed by atoms with Gasteiger partial charge < -0.3 is 0 Å². The summed E-state index contributed by atoms with van der Waals surface area (Å²) in [6.07, 6.45) is 0.0276. The molecule has 0 bridgehead atoms. The molecule has 130 valence electrons. The Morgan fingerprint density at radius 3 is 2.17 bits per heavy atom. The van der Waals surface area contributed by atoms with Gasteiger partial charge in [0, 0.05) is 10.8 Å². The fraction of sp³-hybridized carbons (Fsp3) is 0.444. The molecule has 4 nitrogen and oxygen atoms in total. The summed E-state index contributed by atoms with van der Waals surface area (Å²) < 4.78 is 24.1. The smallest absolute Gasteiger partial charge is 0.190 e. The highest BCUT2D eigenvalue weighted by molar-refractivity contribution is 7.93. The zero-order chi connectivity index (χ0) is 18.2. The van der Waals surface area contributed by atoms with Crippen molar-refractivity contribution in [2.75, 3.05) is 0 Å². The lowest BCUT2D eigenvalue weighted by molar-refractivity contribution is -0.120. The van der Waals surface area contributed by atoms with Crippen molar-refractivity contribution in [2.24, 2.45) is 0 Å². The van der Waals surface area contributed by atoms with Gasteiger partial charge in [-0.15, -0.1) is 11.3 Å². The maximum Gasteiger partial charge on any atom is 0.190 e. The molecule has 0 radical (unpaired) electrons. The summed E-state index contributed by atoms with van der Waals surface area (Å²) >= 11 is 1.40. The van der Waals surface area contributed by atoms with E-state index in [4.69, 9.17) is 0 Å². The monoisotopic (exact) mass is 365 g/mol. The van der Waals surface area contributed by atoms with E-state index in [-0.39, 0.29) is 22.5 Å². The van der Waals surface area contributed by atoms with E-state index in [1.165, 1.54) is 37.3 Å². The number of sulfone groups is 1. The van der Waals surface area contributed by atoms with Gasteiger partial charge >= 0.3 is 0 Å². The van der Waals surface area contributed by atoms with Crippen molar-refractivity contribution < 1.29 is 13.2 Å². The van der Waals surface area contributed by atoms with Gasteiger partial charge in [-0.1, -0.05) is 39.0 Å². The molecule has 0 aliphatic rings. The van der Waals surface area contributed by atoms with Gasteiger partial charge in [-0.3, -0.25) is 4.79 Å². The predicted octanol–water partition coefficient (Wildman–Crippen LogP) is 3.80. The maximum atomic E-state index is 12.8. The molecule has 0 amide bonds. The van der Waals surface area contributed by atoms with Crippen molar-refractivity contribution in [3.05, 3.63) is 46.4 Å². The highest BCUT2D eigenvalue weighted by Gasteiger charge is 2.42. The Kier molecular flexibility index (Phi) is 5.02. The van der Waals surface area contributed by atoms with E-state index >= 15 is 0 Å². The van der Waals surface area contributed by atoms with Crippen molar-refractivity contribution in [2.45, 2.75) is 56.1 Å². The van der Waals surface area contributed by atoms with Gasteiger partial charge in [-0.25, -0.2) is 13.4 Å². The van der Waals surface area contributed by atoms with E-state index in [1.807, 2.05) is 5.38 Å². The molecule has 0 saturated carbocycles. The molecule has 0 N–H and O–H groups in total. The third kappa shape index (κ3) is 3.59. The zero-order valence-corrected chi connectivity index (χ0v) is 16.3. The fourth-order valence-electron chi connectivity index (χ4n) is 2.13. The second-order valence-electron chi connectivity index (χ2n) is 7.30. The number of benzene rings is 1. The lowest BCUT2D eigenvalue weighted by Gasteiger charge is -2.23. The van der Waals surface area contributed by atoms with Crippen LogP contribution >= 0.6 is 11.3 Å². The Labute approximate surface area is 147 Å². The number of ketones is 1. The minimum Gasteiger partial charge on any atom is -0.297 e. The number of hydrogen-bond donors (Lipinski definition) is 0. The van der Waals surface area contributed by atoms with Crippen LogP contribution in [0.2, 0.25) is 0 Å². The highest BCUT2D eigenvalue weighted by Crippen LogP contribution is 2.29. The number of Topliss-reactive ketones (excluding diaryl/α,β-unsaturated/α-hetero) is 1. The van der Waals surface area contributed by atoms with Crippen LogP contribution in [0.5, 0.6) is 0 Å². The number of carbonyl (C=O) groups is 1. The summed E-state index contributed by atoms with van der Waals surface area (Å²) in [6.45, 7) is 9.10. The quantitative estimate of drug-likeness (QED) is 0.808. The molecule has 0 fully saturated rings. The molecule has 1 aromatic carbocycles. The first-order valence-corrected chi connectivity index (χ1v) is 10.1. The SMILES string of the molecule is CC(C)(C)c1csc(CC(=O)C(C)(C)S(=O)(=O)c2ccccc2)n1. The van der Waals surface area contributed by atoms with Crippen LogP contribution < -0.4 is 0 Å². The molecule has 0 saturated heterocycles. The van der Waals surface area contributed by atoms with Crippen molar-refractivity contribution in [3.63, 3.8) is 0 Å². The van der Waals surface area contributed by atoms with Crippen LogP contribution in [0.4, 0.5) is 0 Å². The Hall–Kier alpha value is -1.53. The third-order valence-electron chi connectivity index (χ3n) is 4.03. The molecule has 0 aliphatic carbocycles. The molecule has 0 aliphatic heterocycles. The summed E-state index contributed by atoms with van der Waals surface area (Å²) in [5, 5.41) is 2.59. The molecule has 1 heterocycles. The van der Waals surface area contributed by atoms with Gasteiger partial charge in [-0.05, 0) is 26.0 Å². The number of nitrogens with zero attached hydrogens (tertiary/aromatic N) is 1. The van der Waals surface area contributed by atoms with E-state index in [0.717, 1.165) is 5.69 Å². The van der Waals surface area contributed by atoms with Gasteiger partial charge in [-0.2, -0.15) is 0 Å². The summed E-state index contributed by atoms with van der Waals surface area (Å²) in [6, 6.07) is 8.10. The Bertz CT molecular complexity index is 829. The topological polar surface area (TPSA) is 64.1 Å². The Morgan fingerprint density at radius 1 is 1.08 bits per heavy atom. The standard InChI is InChI=1S/C18H23NO3S2/c1-17(2,3)14-12-23-16(19-14)11-15(20)18(4,5)24(21,22)13-9-7-6-8-10-13/h6-10,12H,11H2,1-5H3. The molecule has 0 atom stereocenters. The van der Waals surface area contributed by atoms with Crippen LogP contribution in [0.25, 0.3) is 0 Å². The van der Waals surface area contributed by atoms with E-state index in [9.17, 15) is 13.2 Å². The van der Waals surface area contributed by atoms with E-state index in [2.05, 4.69) is 25.8 Å². The van der Waals surface area contributed by atoms with E-state index < -0.39 is 14.6 Å². The van der Waals surface area contributed by atoms with Crippen LogP contribution in [0.3, 0.4) is 0 Å². The number of hydrogen-bond acceptors (Lipinski definition) is 5. The van der Waals surface area contributed by atoms with Crippen molar-refractivity contribution in [1.29, 1.82) is 0 Å². The van der Waals surface area contributed by atoms with Crippen LogP contribution in [-0.4, -0.2) is 23.9 Å². The molecule has 2 rings (SSSR count). The summed E-state index contributed by atoms with van der Waals surface area (Å²) in [4.78, 5) is 17.4. The number of carbonyl (C=O) groups excluding carboxylic acids is 1. The second-order valence-corrected chi connectivity index (χ2v) is 10.7. The van der Waals surface area contributed by atoms with Crippen LogP contribution in [0.1, 0.15) is 45.3 Å². The van der Waals surface area contributed by atoms with Crippen LogP contribution in [0.15, 0.2) is 40.6 Å². The van der Waals surface area contributed by atoms with Gasteiger partial charge in [0.2, 0.25) is 0 Å². The lowest BCUT2D eigenvalue weighted by Crippen LogP contribution is -2.41. The first-order chi connectivity index (χ1) is 11.0. The number of rotatable bonds is 5. The fourth-order valence-corrected chi connectivity index (χ4v) is 4.63. The number of thiazole rings is 1. The molecular formula is C18H23NO3S2. The predicted molar refractivity (Wildman–Crippen MR) is 97.2 cm³/mol. The third-order valence-corrected chi connectivity index (χ3v) is 7.34. The molecule has 0 unspecified atom stereocenters. The van der Waals surface area contributed by atoms with E-state index in [1.54, 1.807) is 18.2 Å². The van der Waals surface area contributed by atoms with Crippen molar-refractivity contribution in [1.82, 2.24) is 4.98 Å². The molecule has 1 aromatic heterocycles. The Morgan fingerprint density at radius 2 is 1.67 bits per heavy atom. The molecule has 0 spiro atoms. The molecule has 2 aromatic rings. The first kappa shape index (κ1) is 18.8. The summed E-state index contributed by atoms with van der Waals surface area (Å²) in [5.74, 6) is -0.346. The van der Waals surface area contributed by atoms with Crippen molar-refractivity contribution in [3.8, 4) is 0 Å². The van der Waals surface area contributed by atoms with Crippen LogP contribution in [0, 0.1) is 0 Å².